The van der Waals surface area contributed by atoms with Gasteiger partial charge in [-0.05, 0) is 86.3 Å². The highest BCUT2D eigenvalue weighted by atomic mass is 16.6. The molecule has 0 amide bonds. The van der Waals surface area contributed by atoms with Crippen LogP contribution in [0.3, 0.4) is 0 Å². The monoisotopic (exact) mass is 418 g/mol. The van der Waals surface area contributed by atoms with Crippen LogP contribution in [0.2, 0.25) is 0 Å². The van der Waals surface area contributed by atoms with Gasteiger partial charge in [0.15, 0.2) is 12.4 Å². The Morgan fingerprint density at radius 2 is 1.68 bits per heavy atom. The average Bonchev–Trinajstić information content (AvgIpc) is 3.24. The summed E-state index contributed by atoms with van der Waals surface area (Å²) in [6, 6.07) is 12.5. The van der Waals surface area contributed by atoms with Crippen LogP contribution in [0.15, 0.2) is 62.4 Å². The van der Waals surface area contributed by atoms with E-state index in [0.29, 0.717) is 16.7 Å². The molecule has 0 radical (unpaired) electrons. The first-order chi connectivity index (χ1) is 14.8. The molecule has 0 bridgehead atoms. The fourth-order valence-corrected chi connectivity index (χ4v) is 3.40. The highest BCUT2D eigenvalue weighted by Gasteiger charge is 2.23. The van der Waals surface area contributed by atoms with Crippen molar-refractivity contribution in [3.8, 4) is 23.0 Å². The summed E-state index contributed by atoms with van der Waals surface area (Å²) in [5.74, 6) is -0.0414. The second-order valence-electron chi connectivity index (χ2n) is 7.59. The summed E-state index contributed by atoms with van der Waals surface area (Å²) in [4.78, 5) is 25.7. The zero-order chi connectivity index (χ0) is 22.1. The van der Waals surface area contributed by atoms with Crippen LogP contribution in [0.4, 0.5) is 0 Å². The molecule has 4 aromatic rings. The van der Waals surface area contributed by atoms with Crippen LogP contribution in [0.1, 0.15) is 22.3 Å². The zero-order valence-corrected chi connectivity index (χ0v) is 17.8. The second-order valence-corrected chi connectivity index (χ2v) is 7.59. The molecule has 0 atom stereocenters. The number of aryl methyl sites for hydroxylation is 4. The van der Waals surface area contributed by atoms with Crippen molar-refractivity contribution in [2.45, 2.75) is 27.7 Å². The van der Waals surface area contributed by atoms with E-state index in [1.165, 1.54) is 6.26 Å². The molecular weight excluding hydrogens is 396 g/mol. The Bertz CT molecular complexity index is 1310. The summed E-state index contributed by atoms with van der Waals surface area (Å²) in [6.45, 7) is 7.36. The summed E-state index contributed by atoms with van der Waals surface area (Å²) < 4.78 is 22.3. The van der Waals surface area contributed by atoms with E-state index in [1.807, 2.05) is 45.9 Å². The number of fused-ring (bicyclic) bond motifs is 1. The van der Waals surface area contributed by atoms with Gasteiger partial charge in [0.1, 0.15) is 11.3 Å². The van der Waals surface area contributed by atoms with Crippen molar-refractivity contribution < 1.29 is 23.1 Å². The number of rotatable bonds is 5. The molecule has 2 aromatic carbocycles. The van der Waals surface area contributed by atoms with E-state index < -0.39 is 11.4 Å². The largest absolute Gasteiger partial charge is 0.482 e. The number of hydrogen-bond donors (Lipinski definition) is 0. The third-order valence-corrected chi connectivity index (χ3v) is 4.98. The molecule has 0 spiro atoms. The topological polar surface area (TPSA) is 78.9 Å². The van der Waals surface area contributed by atoms with E-state index in [2.05, 4.69) is 0 Å². The summed E-state index contributed by atoms with van der Waals surface area (Å²) in [7, 11) is 0. The summed E-state index contributed by atoms with van der Waals surface area (Å²) >= 11 is 0. The molecule has 0 aliphatic rings. The Morgan fingerprint density at radius 3 is 2.35 bits per heavy atom. The Balaban J connectivity index is 1.69. The standard InChI is InChI=1S/C25H22O6/c1-14-8-15(2)10-18(9-14)29-13-22(26)31-25-23(27)19-11-16(3)17(4)12-21(19)30-24(25)20-6-5-7-28-20/h5-12H,13H2,1-4H3. The van der Waals surface area contributed by atoms with Crippen molar-refractivity contribution in [3.05, 3.63) is 81.2 Å². The smallest absolute Gasteiger partial charge is 0.349 e. The summed E-state index contributed by atoms with van der Waals surface area (Å²) in [6.07, 6.45) is 1.45. The summed E-state index contributed by atoms with van der Waals surface area (Å²) in [5, 5.41) is 0.330. The minimum absolute atomic E-state index is 0.0607. The second kappa shape index (κ2) is 8.14. The normalized spacial score (nSPS) is 11.0. The number of esters is 1. The highest BCUT2D eigenvalue weighted by molar-refractivity contribution is 5.84. The third kappa shape index (κ3) is 4.23. The van der Waals surface area contributed by atoms with Crippen LogP contribution >= 0.6 is 0 Å². The SMILES string of the molecule is Cc1cc(C)cc(OCC(=O)Oc2c(-c3ccco3)oc3cc(C)c(C)cc3c2=O)c1. The lowest BCUT2D eigenvalue weighted by Gasteiger charge is -2.11. The molecule has 0 N–H and O–H groups in total. The fraction of sp³-hybridized carbons (Fsp3) is 0.200. The molecule has 2 heterocycles. The Kier molecular flexibility index (Phi) is 5.38. The Hall–Kier alpha value is -3.80. The lowest BCUT2D eigenvalue weighted by molar-refractivity contribution is -0.136. The van der Waals surface area contributed by atoms with E-state index in [-0.39, 0.29) is 23.9 Å². The highest BCUT2D eigenvalue weighted by Crippen LogP contribution is 2.32. The van der Waals surface area contributed by atoms with Crippen LogP contribution in [-0.2, 0) is 4.79 Å². The first kappa shape index (κ1) is 20.5. The lowest BCUT2D eigenvalue weighted by atomic mass is 10.1. The zero-order valence-electron chi connectivity index (χ0n) is 17.8. The fourth-order valence-electron chi connectivity index (χ4n) is 3.40. The van der Waals surface area contributed by atoms with Gasteiger partial charge in [0, 0.05) is 0 Å². The molecule has 6 heteroatoms. The predicted molar refractivity (Wildman–Crippen MR) is 117 cm³/mol. The quantitative estimate of drug-likeness (QED) is 0.411. The van der Waals surface area contributed by atoms with Crippen molar-refractivity contribution in [3.63, 3.8) is 0 Å². The van der Waals surface area contributed by atoms with Gasteiger partial charge in [0.25, 0.3) is 0 Å². The molecule has 0 fully saturated rings. The van der Waals surface area contributed by atoms with Crippen molar-refractivity contribution in [1.82, 2.24) is 0 Å². The van der Waals surface area contributed by atoms with Gasteiger partial charge < -0.3 is 18.3 Å². The number of benzene rings is 2. The molecule has 4 rings (SSSR count). The van der Waals surface area contributed by atoms with Crippen LogP contribution < -0.4 is 14.9 Å². The number of hydrogen-bond acceptors (Lipinski definition) is 6. The average molecular weight is 418 g/mol. The molecule has 0 unspecified atom stereocenters. The van der Waals surface area contributed by atoms with Gasteiger partial charge in [-0.25, -0.2) is 4.79 Å². The maximum Gasteiger partial charge on any atom is 0.349 e. The molecule has 158 valence electrons. The number of carbonyl (C=O) groups excluding carboxylic acids is 1. The van der Waals surface area contributed by atoms with Gasteiger partial charge in [0.2, 0.25) is 16.9 Å². The van der Waals surface area contributed by atoms with Crippen LogP contribution in [-0.4, -0.2) is 12.6 Å². The number of ether oxygens (including phenoxy) is 2. The lowest BCUT2D eigenvalue weighted by Crippen LogP contribution is -2.22. The van der Waals surface area contributed by atoms with Gasteiger partial charge in [-0.1, -0.05) is 6.07 Å². The van der Waals surface area contributed by atoms with Crippen LogP contribution in [0, 0.1) is 27.7 Å². The van der Waals surface area contributed by atoms with Gasteiger partial charge in [-0.3, -0.25) is 4.79 Å². The van der Waals surface area contributed by atoms with E-state index in [1.54, 1.807) is 24.3 Å². The van der Waals surface area contributed by atoms with Crippen molar-refractivity contribution >= 4 is 16.9 Å². The first-order valence-corrected chi connectivity index (χ1v) is 9.85. The Morgan fingerprint density at radius 1 is 0.968 bits per heavy atom. The maximum absolute atomic E-state index is 13.2. The molecule has 31 heavy (non-hydrogen) atoms. The van der Waals surface area contributed by atoms with Crippen LogP contribution in [0.5, 0.6) is 11.5 Å². The van der Waals surface area contributed by atoms with E-state index in [9.17, 15) is 9.59 Å². The molecule has 0 aliphatic heterocycles. The van der Waals surface area contributed by atoms with Crippen molar-refractivity contribution in [1.29, 1.82) is 0 Å². The van der Waals surface area contributed by atoms with Gasteiger partial charge in [0.05, 0.1) is 11.6 Å². The summed E-state index contributed by atoms with van der Waals surface area (Å²) in [5.41, 5.74) is 3.89. The minimum Gasteiger partial charge on any atom is -0.482 e. The molecule has 6 nitrogen and oxygen atoms in total. The number of carbonyl (C=O) groups is 1. The van der Waals surface area contributed by atoms with E-state index in [0.717, 1.165) is 22.3 Å². The van der Waals surface area contributed by atoms with E-state index >= 15 is 0 Å². The molecular formula is C25H22O6. The van der Waals surface area contributed by atoms with Gasteiger partial charge in [-0.2, -0.15) is 0 Å². The molecule has 0 aliphatic carbocycles. The molecule has 0 saturated heterocycles. The van der Waals surface area contributed by atoms with Crippen molar-refractivity contribution in [2.75, 3.05) is 6.61 Å². The number of furan rings is 1. The van der Waals surface area contributed by atoms with E-state index in [4.69, 9.17) is 18.3 Å². The van der Waals surface area contributed by atoms with Gasteiger partial charge in [-0.15, -0.1) is 0 Å². The van der Waals surface area contributed by atoms with Crippen LogP contribution in [0.25, 0.3) is 22.5 Å². The predicted octanol–water partition coefficient (Wildman–Crippen LogP) is 5.27. The third-order valence-electron chi connectivity index (χ3n) is 4.98. The molecule has 2 aromatic heterocycles. The maximum atomic E-state index is 13.2. The van der Waals surface area contributed by atoms with Gasteiger partial charge >= 0.3 is 5.97 Å². The Labute approximate surface area is 179 Å². The van der Waals surface area contributed by atoms with Crippen molar-refractivity contribution in [2.24, 2.45) is 0 Å². The minimum atomic E-state index is -0.720. The first-order valence-electron chi connectivity index (χ1n) is 9.85. The molecule has 0 saturated carbocycles.